The maximum Gasteiger partial charge on any atom is 0.256 e. The van der Waals surface area contributed by atoms with Crippen LogP contribution in [0.25, 0.3) is 0 Å². The van der Waals surface area contributed by atoms with Crippen molar-refractivity contribution in [3.8, 4) is 0 Å². The fourth-order valence-corrected chi connectivity index (χ4v) is 4.71. The SMILES string of the molecule is CCCCC(Cc1scc2c1CN(C1CCC(=O)NC1=O)C2=O)C(N)=O. The molecule has 1 aromatic rings. The summed E-state index contributed by atoms with van der Waals surface area (Å²) in [6.45, 7) is 2.41. The summed E-state index contributed by atoms with van der Waals surface area (Å²) in [7, 11) is 0. The Balaban J connectivity index is 1.76. The summed E-state index contributed by atoms with van der Waals surface area (Å²) in [6, 6.07) is -0.613. The molecule has 0 aliphatic carbocycles. The van der Waals surface area contributed by atoms with Crippen LogP contribution in [0.5, 0.6) is 0 Å². The lowest BCUT2D eigenvalue weighted by Gasteiger charge is -2.29. The molecular weight excluding hydrogens is 354 g/mol. The van der Waals surface area contributed by atoms with Crippen LogP contribution in [0.3, 0.4) is 0 Å². The van der Waals surface area contributed by atoms with E-state index in [1.165, 1.54) is 16.2 Å². The zero-order valence-electron chi connectivity index (χ0n) is 14.7. The lowest BCUT2D eigenvalue weighted by molar-refractivity contribution is -0.137. The van der Waals surface area contributed by atoms with Crippen LogP contribution in [0.1, 0.15) is 59.8 Å². The lowest BCUT2D eigenvalue weighted by Crippen LogP contribution is -2.52. The molecule has 7 nitrogen and oxygen atoms in total. The minimum absolute atomic E-state index is 0.179. The quantitative estimate of drug-likeness (QED) is 0.699. The van der Waals surface area contributed by atoms with Crippen molar-refractivity contribution < 1.29 is 19.2 Å². The molecule has 26 heavy (non-hydrogen) atoms. The average molecular weight is 377 g/mol. The third kappa shape index (κ3) is 3.51. The zero-order chi connectivity index (χ0) is 18.8. The van der Waals surface area contributed by atoms with Gasteiger partial charge in [0.2, 0.25) is 17.7 Å². The fourth-order valence-electron chi connectivity index (χ4n) is 3.59. The molecule has 1 fully saturated rings. The number of carbonyl (C=O) groups is 4. The predicted molar refractivity (Wildman–Crippen MR) is 96.3 cm³/mol. The molecule has 0 bridgehead atoms. The van der Waals surface area contributed by atoms with Gasteiger partial charge in [-0.25, -0.2) is 0 Å². The highest BCUT2D eigenvalue weighted by Crippen LogP contribution is 2.35. The van der Waals surface area contributed by atoms with E-state index in [-0.39, 0.29) is 30.1 Å². The van der Waals surface area contributed by atoms with Crippen molar-refractivity contribution in [1.29, 1.82) is 0 Å². The molecule has 0 radical (unpaired) electrons. The molecule has 0 aromatic carbocycles. The molecule has 4 amide bonds. The summed E-state index contributed by atoms with van der Waals surface area (Å²) in [4.78, 5) is 50.4. The Labute approximate surface area is 155 Å². The molecule has 0 spiro atoms. The summed E-state index contributed by atoms with van der Waals surface area (Å²) in [6.07, 6.45) is 3.78. The summed E-state index contributed by atoms with van der Waals surface area (Å²) in [5, 5.41) is 4.10. The maximum atomic E-state index is 12.7. The minimum atomic E-state index is -0.613. The summed E-state index contributed by atoms with van der Waals surface area (Å²) in [5.74, 6) is -1.44. The van der Waals surface area contributed by atoms with Crippen molar-refractivity contribution in [3.05, 3.63) is 21.4 Å². The molecule has 8 heteroatoms. The number of nitrogens with two attached hydrogens (primary N) is 1. The number of unbranched alkanes of at least 4 members (excludes halogenated alkanes) is 1. The molecule has 3 heterocycles. The standard InChI is InChI=1S/C18H23N3O4S/c1-2-3-4-10(16(19)23)7-14-11-8-21(18(25)12(11)9-26-14)13-5-6-15(22)20-17(13)24/h9-10,13H,2-8H2,1H3,(H2,19,23)(H,20,22,24). The number of hydrogen-bond donors (Lipinski definition) is 2. The van der Waals surface area contributed by atoms with Gasteiger partial charge in [-0.1, -0.05) is 19.8 Å². The highest BCUT2D eigenvalue weighted by molar-refractivity contribution is 7.10. The first-order valence-corrected chi connectivity index (χ1v) is 9.83. The van der Waals surface area contributed by atoms with Gasteiger partial charge in [0.05, 0.1) is 5.56 Å². The minimum Gasteiger partial charge on any atom is -0.369 e. The van der Waals surface area contributed by atoms with E-state index in [9.17, 15) is 19.2 Å². The number of nitrogens with zero attached hydrogens (tertiary/aromatic N) is 1. The summed E-state index contributed by atoms with van der Waals surface area (Å²) >= 11 is 1.47. The number of hydrogen-bond acceptors (Lipinski definition) is 5. The monoisotopic (exact) mass is 377 g/mol. The molecule has 0 saturated carbocycles. The van der Waals surface area contributed by atoms with Gasteiger partial charge in [-0.2, -0.15) is 0 Å². The van der Waals surface area contributed by atoms with E-state index >= 15 is 0 Å². The molecule has 3 rings (SSSR count). The van der Waals surface area contributed by atoms with Gasteiger partial charge in [-0.3, -0.25) is 24.5 Å². The van der Waals surface area contributed by atoms with Crippen LogP contribution < -0.4 is 11.1 Å². The number of primary amides is 1. The number of rotatable bonds is 7. The van der Waals surface area contributed by atoms with Crippen molar-refractivity contribution in [2.75, 3.05) is 0 Å². The number of amides is 4. The zero-order valence-corrected chi connectivity index (χ0v) is 15.6. The number of imide groups is 1. The van der Waals surface area contributed by atoms with E-state index in [2.05, 4.69) is 12.2 Å². The molecule has 1 saturated heterocycles. The van der Waals surface area contributed by atoms with Gasteiger partial charge in [0.15, 0.2) is 0 Å². The van der Waals surface area contributed by atoms with Crippen LogP contribution in [0.2, 0.25) is 0 Å². The predicted octanol–water partition coefficient (Wildman–Crippen LogP) is 1.34. The molecule has 3 N–H and O–H groups in total. The molecule has 2 aliphatic heterocycles. The lowest BCUT2D eigenvalue weighted by atomic mass is 9.95. The number of thiophene rings is 1. The first-order chi connectivity index (χ1) is 12.4. The highest BCUT2D eigenvalue weighted by Gasteiger charge is 2.40. The number of piperidine rings is 1. The smallest absolute Gasteiger partial charge is 0.256 e. The third-order valence-electron chi connectivity index (χ3n) is 5.13. The van der Waals surface area contributed by atoms with Crippen LogP contribution >= 0.6 is 11.3 Å². The Kier molecular flexibility index (Phi) is 5.41. The second-order valence-corrected chi connectivity index (χ2v) is 7.86. The number of carbonyl (C=O) groups excluding carboxylic acids is 4. The second kappa shape index (κ2) is 7.57. The van der Waals surface area contributed by atoms with E-state index in [1.54, 1.807) is 5.38 Å². The Bertz CT molecular complexity index is 758. The van der Waals surface area contributed by atoms with Crippen LogP contribution in [-0.2, 0) is 27.3 Å². The topological polar surface area (TPSA) is 110 Å². The van der Waals surface area contributed by atoms with Crippen molar-refractivity contribution in [1.82, 2.24) is 10.2 Å². The van der Waals surface area contributed by atoms with Crippen molar-refractivity contribution in [3.63, 3.8) is 0 Å². The molecule has 2 aliphatic rings. The Hall–Kier alpha value is -2.22. The van der Waals surface area contributed by atoms with Gasteiger partial charge in [-0.05, 0) is 24.8 Å². The van der Waals surface area contributed by atoms with Crippen LogP contribution in [0, 0.1) is 5.92 Å². The molecule has 2 atom stereocenters. The normalized spacial score (nSPS) is 20.9. The van der Waals surface area contributed by atoms with E-state index in [4.69, 9.17) is 5.73 Å². The van der Waals surface area contributed by atoms with Gasteiger partial charge in [0.1, 0.15) is 6.04 Å². The Morgan fingerprint density at radius 3 is 2.85 bits per heavy atom. The third-order valence-corrected chi connectivity index (χ3v) is 6.18. The van der Waals surface area contributed by atoms with E-state index in [0.717, 1.165) is 29.7 Å². The molecule has 140 valence electrons. The molecule has 1 aromatic heterocycles. The highest BCUT2D eigenvalue weighted by atomic mass is 32.1. The summed E-state index contributed by atoms with van der Waals surface area (Å²) < 4.78 is 0. The number of nitrogens with one attached hydrogen (secondary N) is 1. The second-order valence-electron chi connectivity index (χ2n) is 6.90. The molecule has 2 unspecified atom stereocenters. The van der Waals surface area contributed by atoms with Gasteiger partial charge >= 0.3 is 0 Å². The van der Waals surface area contributed by atoms with Gasteiger partial charge in [-0.15, -0.1) is 11.3 Å². The van der Waals surface area contributed by atoms with E-state index in [1.807, 2.05) is 0 Å². The van der Waals surface area contributed by atoms with Crippen LogP contribution in [-0.4, -0.2) is 34.6 Å². The largest absolute Gasteiger partial charge is 0.369 e. The van der Waals surface area contributed by atoms with Crippen molar-refractivity contribution in [2.45, 2.75) is 58.0 Å². The Morgan fingerprint density at radius 1 is 1.42 bits per heavy atom. The number of fused-ring (bicyclic) bond motifs is 1. The van der Waals surface area contributed by atoms with Crippen LogP contribution in [0.15, 0.2) is 5.38 Å². The van der Waals surface area contributed by atoms with Gasteiger partial charge < -0.3 is 10.6 Å². The van der Waals surface area contributed by atoms with E-state index < -0.39 is 11.9 Å². The summed E-state index contributed by atoms with van der Waals surface area (Å²) in [5.41, 5.74) is 7.05. The molecular formula is C18H23N3O4S. The van der Waals surface area contributed by atoms with Crippen molar-refractivity contribution in [2.24, 2.45) is 11.7 Å². The van der Waals surface area contributed by atoms with Gasteiger partial charge in [0.25, 0.3) is 5.91 Å². The van der Waals surface area contributed by atoms with E-state index in [0.29, 0.717) is 24.9 Å². The fraction of sp³-hybridized carbons (Fsp3) is 0.556. The average Bonchev–Trinajstić information content (AvgIpc) is 3.12. The Morgan fingerprint density at radius 2 is 2.19 bits per heavy atom. The first-order valence-electron chi connectivity index (χ1n) is 8.95. The first kappa shape index (κ1) is 18.6. The van der Waals surface area contributed by atoms with Crippen LogP contribution in [0.4, 0.5) is 0 Å². The van der Waals surface area contributed by atoms with Crippen molar-refractivity contribution >= 4 is 35.0 Å². The maximum absolute atomic E-state index is 12.7. The van der Waals surface area contributed by atoms with Gasteiger partial charge in [0, 0.05) is 29.1 Å².